The highest BCUT2D eigenvalue weighted by molar-refractivity contribution is 7.91. The predicted molar refractivity (Wildman–Crippen MR) is 80.9 cm³/mol. The zero-order chi connectivity index (χ0) is 15.6. The van der Waals surface area contributed by atoms with Gasteiger partial charge in [-0.2, -0.15) is 0 Å². The van der Waals surface area contributed by atoms with Crippen molar-refractivity contribution in [1.29, 1.82) is 0 Å². The third kappa shape index (κ3) is 4.96. The van der Waals surface area contributed by atoms with Crippen LogP contribution in [-0.2, 0) is 14.6 Å². The van der Waals surface area contributed by atoms with Crippen LogP contribution in [0.15, 0.2) is 29.2 Å². The van der Waals surface area contributed by atoms with Gasteiger partial charge in [0.1, 0.15) is 0 Å². The van der Waals surface area contributed by atoms with Crippen LogP contribution in [0, 0.1) is 6.92 Å². The first-order valence-corrected chi connectivity index (χ1v) is 8.41. The number of sulfone groups is 1. The van der Waals surface area contributed by atoms with Crippen molar-refractivity contribution < 1.29 is 13.2 Å². The summed E-state index contributed by atoms with van der Waals surface area (Å²) in [6.07, 6.45) is 0. The van der Waals surface area contributed by atoms with Gasteiger partial charge in [0.15, 0.2) is 14.2 Å². The van der Waals surface area contributed by atoms with Crippen LogP contribution in [0.2, 0.25) is 0 Å². The molecule has 1 rings (SSSR count). The Balaban J connectivity index is 2.76. The highest BCUT2D eigenvalue weighted by Crippen LogP contribution is 2.20. The summed E-state index contributed by atoms with van der Waals surface area (Å²) < 4.78 is 22.8. The molecule has 0 saturated carbocycles. The number of benzene rings is 1. The van der Waals surface area contributed by atoms with E-state index in [0.717, 1.165) is 5.56 Å². The fourth-order valence-electron chi connectivity index (χ4n) is 1.56. The Morgan fingerprint density at radius 2 is 1.80 bits per heavy atom. The maximum absolute atomic E-state index is 12.2. The molecule has 7 heteroatoms. The molecule has 1 atom stereocenters. The van der Waals surface area contributed by atoms with Crippen molar-refractivity contribution in [1.82, 2.24) is 5.32 Å². The Morgan fingerprint density at radius 1 is 1.30 bits per heavy atom. The average molecular weight is 338 g/mol. The molecular formula is C13H17Cl2NO3S. The summed E-state index contributed by atoms with van der Waals surface area (Å²) in [7, 11) is -3.47. The first-order valence-electron chi connectivity index (χ1n) is 6.00. The molecule has 4 nitrogen and oxygen atoms in total. The normalized spacial score (nSPS) is 13.8. The fourth-order valence-corrected chi connectivity index (χ4v) is 3.16. The second kappa shape index (κ2) is 6.33. The number of carbonyl (C=O) groups is 1. The van der Waals surface area contributed by atoms with Gasteiger partial charge in [-0.25, -0.2) is 8.42 Å². The SMILES string of the molecule is Cc1ccc(S(=O)(=O)C[C@H](C)NC(=O)C(C)(Cl)Cl)cc1. The molecule has 0 aromatic heterocycles. The number of alkyl halides is 2. The van der Waals surface area contributed by atoms with Gasteiger partial charge in [-0.15, -0.1) is 0 Å². The molecule has 0 spiro atoms. The van der Waals surface area contributed by atoms with Crippen molar-refractivity contribution in [3.05, 3.63) is 29.8 Å². The Bertz CT molecular complexity index is 577. The molecule has 112 valence electrons. The maximum Gasteiger partial charge on any atom is 0.256 e. The van der Waals surface area contributed by atoms with Crippen molar-refractivity contribution in [2.75, 3.05) is 5.75 Å². The molecule has 1 aromatic carbocycles. The minimum absolute atomic E-state index is 0.217. The summed E-state index contributed by atoms with van der Waals surface area (Å²) in [5, 5.41) is 2.48. The Morgan fingerprint density at radius 3 is 2.25 bits per heavy atom. The largest absolute Gasteiger partial charge is 0.350 e. The highest BCUT2D eigenvalue weighted by atomic mass is 35.5. The van der Waals surface area contributed by atoms with Gasteiger partial charge in [0.05, 0.1) is 10.6 Å². The number of carbonyl (C=O) groups excluding carboxylic acids is 1. The summed E-state index contributed by atoms with van der Waals surface area (Å²) in [4.78, 5) is 11.8. The zero-order valence-corrected chi connectivity index (χ0v) is 13.8. The van der Waals surface area contributed by atoms with E-state index in [0.29, 0.717) is 0 Å². The molecule has 0 aliphatic carbocycles. The summed E-state index contributed by atoms with van der Waals surface area (Å²) >= 11 is 11.3. The van der Waals surface area contributed by atoms with E-state index in [2.05, 4.69) is 5.32 Å². The monoisotopic (exact) mass is 337 g/mol. The van der Waals surface area contributed by atoms with E-state index >= 15 is 0 Å². The molecule has 0 unspecified atom stereocenters. The zero-order valence-electron chi connectivity index (χ0n) is 11.5. The van der Waals surface area contributed by atoms with Crippen LogP contribution < -0.4 is 5.32 Å². The van der Waals surface area contributed by atoms with Crippen LogP contribution in [0.4, 0.5) is 0 Å². The second-order valence-corrected chi connectivity index (χ2v) is 8.60. The van der Waals surface area contributed by atoms with Crippen molar-refractivity contribution in [3.63, 3.8) is 0 Å². The summed E-state index contributed by atoms with van der Waals surface area (Å²) in [5.41, 5.74) is 0.977. The Kier molecular flexibility index (Phi) is 5.46. The number of hydrogen-bond acceptors (Lipinski definition) is 3. The lowest BCUT2D eigenvalue weighted by Crippen LogP contribution is -2.44. The molecule has 0 heterocycles. The molecule has 20 heavy (non-hydrogen) atoms. The Labute approximate surface area is 129 Å². The third-order valence-electron chi connectivity index (χ3n) is 2.63. The van der Waals surface area contributed by atoms with Gasteiger partial charge in [0.25, 0.3) is 5.91 Å². The first-order chi connectivity index (χ1) is 9.02. The van der Waals surface area contributed by atoms with E-state index in [1.165, 1.54) is 6.92 Å². The average Bonchev–Trinajstić information content (AvgIpc) is 2.27. The molecule has 0 radical (unpaired) electrons. The molecule has 1 N–H and O–H groups in total. The molecule has 0 saturated heterocycles. The second-order valence-electron chi connectivity index (χ2n) is 4.86. The minimum Gasteiger partial charge on any atom is -0.350 e. The summed E-state index contributed by atoms with van der Waals surface area (Å²) in [5.74, 6) is -0.835. The maximum atomic E-state index is 12.2. The number of halogens is 2. The molecule has 0 aliphatic heterocycles. The van der Waals surface area contributed by atoms with Gasteiger partial charge in [-0.05, 0) is 32.9 Å². The smallest absolute Gasteiger partial charge is 0.256 e. The molecule has 1 amide bonds. The van der Waals surface area contributed by atoms with Crippen molar-refractivity contribution in [2.45, 2.75) is 36.0 Å². The van der Waals surface area contributed by atoms with E-state index in [9.17, 15) is 13.2 Å². The van der Waals surface area contributed by atoms with Gasteiger partial charge in [-0.3, -0.25) is 4.79 Å². The lowest BCUT2D eigenvalue weighted by atomic mass is 10.2. The van der Waals surface area contributed by atoms with Crippen molar-refractivity contribution in [2.24, 2.45) is 0 Å². The lowest BCUT2D eigenvalue weighted by Gasteiger charge is -2.18. The van der Waals surface area contributed by atoms with Crippen molar-refractivity contribution in [3.8, 4) is 0 Å². The van der Waals surface area contributed by atoms with Crippen molar-refractivity contribution >= 4 is 38.9 Å². The Hall–Kier alpha value is -0.780. The lowest BCUT2D eigenvalue weighted by molar-refractivity contribution is -0.121. The third-order valence-corrected chi connectivity index (χ3v) is 4.90. The summed E-state index contributed by atoms with van der Waals surface area (Å²) in [6, 6.07) is 5.96. The predicted octanol–water partition coefficient (Wildman–Crippen LogP) is 2.47. The van der Waals surface area contributed by atoms with Gasteiger partial charge >= 0.3 is 0 Å². The van der Waals surface area contributed by atoms with Crippen LogP contribution in [-0.4, -0.2) is 30.5 Å². The van der Waals surface area contributed by atoms with E-state index in [1.54, 1.807) is 31.2 Å². The van der Waals surface area contributed by atoms with Crippen LogP contribution in [0.5, 0.6) is 0 Å². The van der Waals surface area contributed by atoms with E-state index in [4.69, 9.17) is 23.2 Å². The highest BCUT2D eigenvalue weighted by Gasteiger charge is 2.29. The van der Waals surface area contributed by atoms with Crippen LogP contribution in [0.1, 0.15) is 19.4 Å². The molecule has 0 bridgehead atoms. The van der Waals surface area contributed by atoms with Gasteiger partial charge in [0, 0.05) is 6.04 Å². The number of hydrogen-bond donors (Lipinski definition) is 1. The quantitative estimate of drug-likeness (QED) is 0.839. The molecule has 1 aromatic rings. The van der Waals surface area contributed by atoms with Crippen LogP contribution >= 0.6 is 23.2 Å². The van der Waals surface area contributed by atoms with E-state index in [-0.39, 0.29) is 10.6 Å². The fraction of sp³-hybridized carbons (Fsp3) is 0.462. The summed E-state index contributed by atoms with van der Waals surface area (Å²) in [6.45, 7) is 4.79. The first kappa shape index (κ1) is 17.3. The number of aryl methyl sites for hydroxylation is 1. The van der Waals surface area contributed by atoms with Crippen LogP contribution in [0.25, 0.3) is 0 Å². The number of nitrogens with one attached hydrogen (secondary N) is 1. The van der Waals surface area contributed by atoms with Crippen LogP contribution in [0.3, 0.4) is 0 Å². The molecule has 0 fully saturated rings. The van der Waals surface area contributed by atoms with Gasteiger partial charge < -0.3 is 5.32 Å². The van der Waals surface area contributed by atoms with E-state index < -0.39 is 26.1 Å². The number of amides is 1. The number of rotatable bonds is 5. The van der Waals surface area contributed by atoms with Gasteiger partial charge in [-0.1, -0.05) is 40.9 Å². The standard InChI is InChI=1S/C13H17Cl2NO3S/c1-9-4-6-11(7-5-9)20(18,19)8-10(2)16-12(17)13(3,14)15/h4-7,10H,8H2,1-3H3,(H,16,17)/t10-/m0/s1. The van der Waals surface area contributed by atoms with Gasteiger partial charge in [0.2, 0.25) is 0 Å². The topological polar surface area (TPSA) is 63.2 Å². The molecule has 0 aliphatic rings. The molecular weight excluding hydrogens is 321 g/mol. The minimum atomic E-state index is -3.47. The van der Waals surface area contributed by atoms with E-state index in [1.807, 2.05) is 6.92 Å².